The predicted molar refractivity (Wildman–Crippen MR) is 68.7 cm³/mol. The number of halogens is 6. The summed E-state index contributed by atoms with van der Waals surface area (Å²) in [5, 5.41) is 8.10. The Balaban J connectivity index is 2.93. The lowest BCUT2D eigenvalue weighted by Crippen LogP contribution is -2.11. The van der Waals surface area contributed by atoms with Crippen LogP contribution in [0.3, 0.4) is 0 Å². The summed E-state index contributed by atoms with van der Waals surface area (Å²) in [6.07, 6.45) is 0. The van der Waals surface area contributed by atoms with Crippen LogP contribution < -0.4 is 0 Å². The molecule has 0 aliphatic rings. The van der Waals surface area contributed by atoms with Crippen molar-refractivity contribution >= 4 is 29.2 Å². The average molecular weight is 339 g/mol. The summed E-state index contributed by atoms with van der Waals surface area (Å²) in [4.78, 5) is 10.7. The van der Waals surface area contributed by atoms with Crippen molar-refractivity contribution in [3.8, 4) is 11.1 Å². The maximum atomic E-state index is 13.9. The summed E-state index contributed by atoms with van der Waals surface area (Å²) >= 11 is 11.5. The van der Waals surface area contributed by atoms with Crippen LogP contribution in [0.1, 0.15) is 10.4 Å². The lowest BCUT2D eigenvalue weighted by molar-refractivity contribution is 0.0683. The molecule has 0 atom stereocenters. The van der Waals surface area contributed by atoms with Crippen molar-refractivity contribution in [1.29, 1.82) is 0 Å². The summed E-state index contributed by atoms with van der Waals surface area (Å²) in [7, 11) is 0. The molecule has 0 amide bonds. The molecule has 0 aromatic heterocycles. The largest absolute Gasteiger partial charge is 0.477 e. The normalized spacial score (nSPS) is 10.8. The fourth-order valence-electron chi connectivity index (χ4n) is 1.78. The van der Waals surface area contributed by atoms with Crippen LogP contribution >= 0.6 is 23.2 Å². The van der Waals surface area contributed by atoms with Crippen molar-refractivity contribution in [1.82, 2.24) is 0 Å². The summed E-state index contributed by atoms with van der Waals surface area (Å²) in [5.41, 5.74) is -3.35. The van der Waals surface area contributed by atoms with Crippen LogP contribution in [0.25, 0.3) is 11.1 Å². The standard InChI is InChI=1S/C13H4Cl2F4O2/c14-4-2-1-3-5(15)6(4)7-9(16)11(18)8(13(20)21)12(19)10(7)17/h1-3H,(H,20,21). The molecule has 0 heterocycles. The van der Waals surface area contributed by atoms with Gasteiger partial charge in [0.15, 0.2) is 23.3 Å². The van der Waals surface area contributed by atoms with E-state index in [9.17, 15) is 22.4 Å². The maximum Gasteiger partial charge on any atom is 0.341 e. The molecule has 0 saturated heterocycles. The van der Waals surface area contributed by atoms with Gasteiger partial charge in [-0.3, -0.25) is 0 Å². The number of carboxylic acid groups (broad SMARTS) is 1. The SMILES string of the molecule is O=C(O)c1c(F)c(F)c(-c2c(Cl)cccc2Cl)c(F)c1F. The molecule has 0 aliphatic carbocycles. The molecular weight excluding hydrogens is 335 g/mol. The van der Waals surface area contributed by atoms with Gasteiger partial charge in [0, 0.05) is 5.56 Å². The highest BCUT2D eigenvalue weighted by Gasteiger charge is 2.31. The quantitative estimate of drug-likeness (QED) is 0.623. The van der Waals surface area contributed by atoms with Gasteiger partial charge in [-0.2, -0.15) is 0 Å². The molecule has 0 aliphatic heterocycles. The van der Waals surface area contributed by atoms with Crippen LogP contribution in [0, 0.1) is 23.3 Å². The molecule has 1 N–H and O–H groups in total. The Morgan fingerprint density at radius 1 is 0.857 bits per heavy atom. The highest BCUT2D eigenvalue weighted by molar-refractivity contribution is 6.39. The summed E-state index contributed by atoms with van der Waals surface area (Å²) in [5.74, 6) is -9.98. The van der Waals surface area contributed by atoms with E-state index in [4.69, 9.17) is 28.3 Å². The molecule has 110 valence electrons. The molecule has 0 spiro atoms. The van der Waals surface area contributed by atoms with Crippen molar-refractivity contribution < 1.29 is 27.5 Å². The van der Waals surface area contributed by atoms with Crippen LogP contribution in [-0.4, -0.2) is 11.1 Å². The van der Waals surface area contributed by atoms with Gasteiger partial charge in [-0.05, 0) is 12.1 Å². The zero-order valence-corrected chi connectivity index (χ0v) is 11.4. The van der Waals surface area contributed by atoms with E-state index in [0.29, 0.717) is 0 Å². The van der Waals surface area contributed by atoms with Gasteiger partial charge in [0.25, 0.3) is 0 Å². The molecule has 0 saturated carbocycles. The van der Waals surface area contributed by atoms with E-state index in [2.05, 4.69) is 0 Å². The number of hydrogen-bond donors (Lipinski definition) is 1. The molecule has 0 fully saturated rings. The molecule has 2 nitrogen and oxygen atoms in total. The predicted octanol–water partition coefficient (Wildman–Crippen LogP) is 4.92. The second-order valence-electron chi connectivity index (χ2n) is 3.91. The first-order chi connectivity index (χ1) is 9.77. The highest BCUT2D eigenvalue weighted by atomic mass is 35.5. The first-order valence-electron chi connectivity index (χ1n) is 5.31. The number of hydrogen-bond acceptors (Lipinski definition) is 1. The minimum atomic E-state index is -2.14. The smallest absolute Gasteiger partial charge is 0.341 e. The summed E-state index contributed by atoms with van der Waals surface area (Å²) in [6.45, 7) is 0. The molecule has 8 heteroatoms. The Hall–Kier alpha value is -1.79. The van der Waals surface area contributed by atoms with Crippen molar-refractivity contribution in [3.63, 3.8) is 0 Å². The van der Waals surface area contributed by atoms with Crippen molar-refractivity contribution in [2.24, 2.45) is 0 Å². The third-order valence-electron chi connectivity index (χ3n) is 2.69. The van der Waals surface area contributed by atoms with Gasteiger partial charge in [0.1, 0.15) is 5.56 Å². The first-order valence-corrected chi connectivity index (χ1v) is 6.06. The second kappa shape index (κ2) is 5.54. The fourth-order valence-corrected chi connectivity index (χ4v) is 2.36. The Kier molecular flexibility index (Phi) is 4.11. The van der Waals surface area contributed by atoms with Gasteiger partial charge in [0.2, 0.25) is 0 Å². The van der Waals surface area contributed by atoms with Crippen molar-refractivity contribution in [2.75, 3.05) is 0 Å². The minimum Gasteiger partial charge on any atom is -0.477 e. The Morgan fingerprint density at radius 2 is 1.29 bits per heavy atom. The Bertz CT molecular complexity index is 713. The van der Waals surface area contributed by atoms with Gasteiger partial charge in [-0.1, -0.05) is 29.3 Å². The van der Waals surface area contributed by atoms with Gasteiger partial charge >= 0.3 is 5.97 Å². The van der Waals surface area contributed by atoms with Crippen LogP contribution in [-0.2, 0) is 0 Å². The van der Waals surface area contributed by atoms with Crippen LogP contribution in [0.5, 0.6) is 0 Å². The molecule has 2 rings (SSSR count). The van der Waals surface area contributed by atoms with Crippen LogP contribution in [0.2, 0.25) is 10.0 Å². The van der Waals surface area contributed by atoms with E-state index < -0.39 is 45.9 Å². The maximum absolute atomic E-state index is 13.9. The zero-order valence-electron chi connectivity index (χ0n) is 9.86. The van der Waals surface area contributed by atoms with E-state index in [0.717, 1.165) is 0 Å². The lowest BCUT2D eigenvalue weighted by atomic mass is 10.0. The first kappa shape index (κ1) is 15.6. The molecule has 2 aromatic carbocycles. The monoisotopic (exact) mass is 338 g/mol. The molecule has 2 aromatic rings. The minimum absolute atomic E-state index is 0.248. The topological polar surface area (TPSA) is 37.3 Å². The van der Waals surface area contributed by atoms with E-state index in [1.54, 1.807) is 0 Å². The summed E-state index contributed by atoms with van der Waals surface area (Å²) < 4.78 is 55.2. The van der Waals surface area contributed by atoms with E-state index in [1.165, 1.54) is 18.2 Å². The zero-order chi connectivity index (χ0) is 15.9. The Labute approximate surface area is 125 Å². The molecule has 0 unspecified atom stereocenters. The van der Waals surface area contributed by atoms with E-state index in [1.807, 2.05) is 0 Å². The van der Waals surface area contributed by atoms with Crippen molar-refractivity contribution in [2.45, 2.75) is 0 Å². The third kappa shape index (κ3) is 2.45. The van der Waals surface area contributed by atoms with E-state index >= 15 is 0 Å². The number of carbonyl (C=O) groups is 1. The number of aromatic carboxylic acids is 1. The van der Waals surface area contributed by atoms with Gasteiger partial charge < -0.3 is 5.11 Å². The molecule has 0 radical (unpaired) electrons. The average Bonchev–Trinajstić information content (AvgIpc) is 2.39. The van der Waals surface area contributed by atoms with E-state index in [-0.39, 0.29) is 10.0 Å². The van der Waals surface area contributed by atoms with Crippen LogP contribution in [0.4, 0.5) is 17.6 Å². The molecule has 21 heavy (non-hydrogen) atoms. The number of benzene rings is 2. The number of carboxylic acids is 1. The molecular formula is C13H4Cl2F4O2. The van der Waals surface area contributed by atoms with Crippen molar-refractivity contribution in [3.05, 3.63) is 57.1 Å². The third-order valence-corrected chi connectivity index (χ3v) is 3.32. The van der Waals surface area contributed by atoms with Gasteiger partial charge in [-0.25, -0.2) is 22.4 Å². The Morgan fingerprint density at radius 3 is 1.67 bits per heavy atom. The number of rotatable bonds is 2. The lowest BCUT2D eigenvalue weighted by Gasteiger charge is -2.12. The second-order valence-corrected chi connectivity index (χ2v) is 4.72. The highest BCUT2D eigenvalue weighted by Crippen LogP contribution is 2.39. The van der Waals surface area contributed by atoms with Gasteiger partial charge in [-0.15, -0.1) is 0 Å². The molecule has 0 bridgehead atoms. The summed E-state index contributed by atoms with van der Waals surface area (Å²) in [6, 6.07) is 3.79. The fraction of sp³-hybridized carbons (Fsp3) is 0. The van der Waals surface area contributed by atoms with Gasteiger partial charge in [0.05, 0.1) is 15.6 Å². The van der Waals surface area contributed by atoms with Crippen LogP contribution in [0.15, 0.2) is 18.2 Å².